The molecule has 2 heterocycles. The number of nitrogens with zero attached hydrogens (tertiary/aromatic N) is 1. The van der Waals surface area contributed by atoms with E-state index in [4.69, 9.17) is 11.6 Å². The minimum absolute atomic E-state index is 0.133. The Labute approximate surface area is 156 Å². The number of amides is 1. The van der Waals surface area contributed by atoms with Gasteiger partial charge in [-0.3, -0.25) is 4.79 Å². The lowest BCUT2D eigenvalue weighted by Crippen LogP contribution is -2.45. The first kappa shape index (κ1) is 18.4. The number of rotatable bonds is 5. The highest BCUT2D eigenvalue weighted by molar-refractivity contribution is 7.91. The highest BCUT2D eigenvalue weighted by Crippen LogP contribution is 2.26. The van der Waals surface area contributed by atoms with Gasteiger partial charge in [0.1, 0.15) is 4.21 Å². The molecular weight excluding hydrogens is 380 g/mol. The van der Waals surface area contributed by atoms with Gasteiger partial charge in [0.25, 0.3) is 10.0 Å². The Balaban J connectivity index is 1.63. The summed E-state index contributed by atoms with van der Waals surface area (Å²) in [7, 11) is -3.51. The van der Waals surface area contributed by atoms with Gasteiger partial charge in [-0.2, -0.15) is 4.31 Å². The average Bonchev–Trinajstić information content (AvgIpc) is 3.16. The van der Waals surface area contributed by atoms with E-state index in [-0.39, 0.29) is 18.4 Å². The zero-order valence-corrected chi connectivity index (χ0v) is 15.9. The molecule has 25 heavy (non-hydrogen) atoms. The highest BCUT2D eigenvalue weighted by Gasteiger charge is 2.33. The van der Waals surface area contributed by atoms with Crippen molar-refractivity contribution < 1.29 is 13.2 Å². The number of hydrogen-bond donors (Lipinski definition) is 1. The van der Waals surface area contributed by atoms with Gasteiger partial charge >= 0.3 is 0 Å². The molecule has 0 spiro atoms. The zero-order chi connectivity index (χ0) is 17.9. The SMILES string of the molecule is O=C(NCc1ccccc1Cl)[C@@H]1CCCN(S(=O)(=O)c2cccs2)C1. The van der Waals surface area contributed by atoms with Crippen LogP contribution in [0.1, 0.15) is 18.4 Å². The minimum atomic E-state index is -3.51. The standard InChI is InChI=1S/C17H19ClN2O3S2/c18-15-7-2-1-5-13(15)11-19-17(21)14-6-3-9-20(12-14)25(22,23)16-8-4-10-24-16/h1-2,4-5,7-8,10,14H,3,6,9,11-12H2,(H,19,21)/t14-/m1/s1. The third kappa shape index (κ3) is 4.23. The lowest BCUT2D eigenvalue weighted by atomic mass is 9.99. The van der Waals surface area contributed by atoms with Crippen LogP contribution in [0.5, 0.6) is 0 Å². The predicted octanol–water partition coefficient (Wildman–Crippen LogP) is 3.12. The van der Waals surface area contributed by atoms with Crippen LogP contribution in [0.3, 0.4) is 0 Å². The number of hydrogen-bond acceptors (Lipinski definition) is 4. The number of benzene rings is 1. The van der Waals surface area contributed by atoms with Crippen molar-refractivity contribution in [1.82, 2.24) is 9.62 Å². The number of halogens is 1. The van der Waals surface area contributed by atoms with Crippen LogP contribution in [0.15, 0.2) is 46.0 Å². The van der Waals surface area contributed by atoms with Gasteiger partial charge in [-0.25, -0.2) is 8.42 Å². The molecule has 0 saturated carbocycles. The first-order valence-electron chi connectivity index (χ1n) is 8.03. The summed E-state index contributed by atoms with van der Waals surface area (Å²) in [6, 6.07) is 10.7. The summed E-state index contributed by atoms with van der Waals surface area (Å²) in [5.74, 6) is -0.475. The fourth-order valence-electron chi connectivity index (χ4n) is 2.88. The van der Waals surface area contributed by atoms with Gasteiger partial charge in [-0.15, -0.1) is 11.3 Å². The maximum absolute atomic E-state index is 12.6. The Bertz CT molecular complexity index is 837. The van der Waals surface area contributed by atoms with E-state index in [0.29, 0.717) is 35.2 Å². The predicted molar refractivity (Wildman–Crippen MR) is 99.1 cm³/mol. The zero-order valence-electron chi connectivity index (χ0n) is 13.5. The first-order valence-corrected chi connectivity index (χ1v) is 10.7. The minimum Gasteiger partial charge on any atom is -0.352 e. The number of thiophene rings is 1. The number of nitrogens with one attached hydrogen (secondary N) is 1. The molecule has 1 aromatic carbocycles. The van der Waals surface area contributed by atoms with E-state index in [1.54, 1.807) is 23.6 Å². The van der Waals surface area contributed by atoms with Crippen LogP contribution in [0.4, 0.5) is 0 Å². The first-order chi connectivity index (χ1) is 12.0. The number of carbonyl (C=O) groups excluding carboxylic acids is 1. The van der Waals surface area contributed by atoms with Gasteiger partial charge in [0.05, 0.1) is 5.92 Å². The van der Waals surface area contributed by atoms with Crippen LogP contribution in [-0.4, -0.2) is 31.7 Å². The van der Waals surface area contributed by atoms with Crippen LogP contribution in [0.2, 0.25) is 5.02 Å². The molecule has 5 nitrogen and oxygen atoms in total. The quantitative estimate of drug-likeness (QED) is 0.841. The van der Waals surface area contributed by atoms with Crippen molar-refractivity contribution in [2.45, 2.75) is 23.6 Å². The molecular formula is C17H19ClN2O3S2. The molecule has 1 fully saturated rings. The van der Waals surface area contributed by atoms with E-state index in [1.807, 2.05) is 18.2 Å². The van der Waals surface area contributed by atoms with Crippen molar-refractivity contribution in [3.05, 3.63) is 52.4 Å². The van der Waals surface area contributed by atoms with Crippen molar-refractivity contribution in [3.63, 3.8) is 0 Å². The largest absolute Gasteiger partial charge is 0.352 e. The maximum Gasteiger partial charge on any atom is 0.252 e. The van der Waals surface area contributed by atoms with E-state index < -0.39 is 10.0 Å². The van der Waals surface area contributed by atoms with Gasteiger partial charge in [0, 0.05) is 24.7 Å². The van der Waals surface area contributed by atoms with Crippen LogP contribution in [0.25, 0.3) is 0 Å². The van der Waals surface area contributed by atoms with Crippen LogP contribution >= 0.6 is 22.9 Å². The average molecular weight is 399 g/mol. The molecule has 0 aliphatic carbocycles. The number of piperidine rings is 1. The number of sulfonamides is 1. The molecule has 134 valence electrons. The third-order valence-electron chi connectivity index (χ3n) is 4.26. The van der Waals surface area contributed by atoms with E-state index >= 15 is 0 Å². The van der Waals surface area contributed by atoms with E-state index in [0.717, 1.165) is 5.56 Å². The molecule has 0 bridgehead atoms. The molecule has 1 amide bonds. The van der Waals surface area contributed by atoms with Crippen molar-refractivity contribution in [2.75, 3.05) is 13.1 Å². The maximum atomic E-state index is 12.6. The Hall–Kier alpha value is -1.41. The molecule has 8 heteroatoms. The van der Waals surface area contributed by atoms with Crippen LogP contribution < -0.4 is 5.32 Å². The fraction of sp³-hybridized carbons (Fsp3) is 0.353. The van der Waals surface area contributed by atoms with Crippen molar-refractivity contribution in [3.8, 4) is 0 Å². The van der Waals surface area contributed by atoms with Crippen LogP contribution in [-0.2, 0) is 21.4 Å². The summed E-state index contributed by atoms with van der Waals surface area (Å²) in [6.45, 7) is 1.01. The molecule has 2 aromatic rings. The molecule has 1 saturated heterocycles. The van der Waals surface area contributed by atoms with Gasteiger partial charge in [0.2, 0.25) is 5.91 Å². The van der Waals surface area contributed by atoms with E-state index in [9.17, 15) is 13.2 Å². The van der Waals surface area contributed by atoms with E-state index in [1.165, 1.54) is 15.6 Å². The smallest absolute Gasteiger partial charge is 0.252 e. The van der Waals surface area contributed by atoms with Gasteiger partial charge in [-0.1, -0.05) is 35.9 Å². The Morgan fingerprint density at radius 1 is 1.28 bits per heavy atom. The molecule has 1 N–H and O–H groups in total. The summed E-state index contributed by atoms with van der Waals surface area (Å²) < 4.78 is 27.0. The normalized spacial score (nSPS) is 18.8. The molecule has 0 radical (unpaired) electrons. The molecule has 1 aliphatic heterocycles. The van der Waals surface area contributed by atoms with Gasteiger partial charge < -0.3 is 5.32 Å². The topological polar surface area (TPSA) is 66.5 Å². The second-order valence-electron chi connectivity index (χ2n) is 5.94. The lowest BCUT2D eigenvalue weighted by molar-refractivity contribution is -0.126. The van der Waals surface area contributed by atoms with E-state index in [2.05, 4.69) is 5.32 Å². The summed E-state index contributed by atoms with van der Waals surface area (Å²) in [5.41, 5.74) is 0.844. The molecule has 0 unspecified atom stereocenters. The van der Waals surface area contributed by atoms with Crippen molar-refractivity contribution in [2.24, 2.45) is 5.92 Å². The van der Waals surface area contributed by atoms with Gasteiger partial charge in [-0.05, 0) is 35.9 Å². The molecule has 3 rings (SSSR count). The summed E-state index contributed by atoms with van der Waals surface area (Å²) in [4.78, 5) is 12.5. The lowest BCUT2D eigenvalue weighted by Gasteiger charge is -2.30. The molecule has 1 aliphatic rings. The summed E-state index contributed by atoms with van der Waals surface area (Å²) in [6.07, 6.45) is 1.36. The summed E-state index contributed by atoms with van der Waals surface area (Å²) in [5, 5.41) is 5.22. The Morgan fingerprint density at radius 2 is 2.08 bits per heavy atom. The Kier molecular flexibility index (Phi) is 5.78. The second kappa shape index (κ2) is 7.86. The summed E-state index contributed by atoms with van der Waals surface area (Å²) >= 11 is 7.29. The monoisotopic (exact) mass is 398 g/mol. The van der Waals surface area contributed by atoms with Crippen LogP contribution in [0, 0.1) is 5.92 Å². The van der Waals surface area contributed by atoms with Crippen molar-refractivity contribution in [1.29, 1.82) is 0 Å². The second-order valence-corrected chi connectivity index (χ2v) is 9.46. The Morgan fingerprint density at radius 3 is 2.80 bits per heavy atom. The number of carbonyl (C=O) groups is 1. The third-order valence-corrected chi connectivity index (χ3v) is 7.86. The van der Waals surface area contributed by atoms with Crippen molar-refractivity contribution >= 4 is 38.9 Å². The fourth-order valence-corrected chi connectivity index (χ4v) is 5.75. The van der Waals surface area contributed by atoms with Gasteiger partial charge in [0.15, 0.2) is 0 Å². The molecule has 1 aromatic heterocycles. The molecule has 1 atom stereocenters. The highest BCUT2D eigenvalue weighted by atomic mass is 35.5.